The maximum Gasteiger partial charge on any atom is 0.173 e. The summed E-state index contributed by atoms with van der Waals surface area (Å²) in [7, 11) is 0. The van der Waals surface area contributed by atoms with Gasteiger partial charge in [0.05, 0.1) is 17.1 Å². The lowest BCUT2D eigenvalue weighted by Crippen LogP contribution is -2.26. The molecule has 1 aliphatic rings. The Morgan fingerprint density at radius 1 is 0.957 bits per heavy atom. The minimum Gasteiger partial charge on any atom is -0.506 e. The van der Waals surface area contributed by atoms with E-state index in [9.17, 15) is 14.7 Å². The number of fused-ring (bicyclic) bond motifs is 2. The molecular weight excluding hydrogens is 290 g/mol. The monoisotopic (exact) mass is 303 g/mol. The Balaban J connectivity index is 1.87. The normalized spacial score (nSPS) is 17.3. The molecular formula is C19H13NO3. The van der Waals surface area contributed by atoms with Gasteiger partial charge in [-0.3, -0.25) is 9.59 Å². The first-order valence-electron chi connectivity index (χ1n) is 7.40. The summed E-state index contributed by atoms with van der Waals surface area (Å²) in [5, 5.41) is 11.1. The topological polar surface area (TPSA) is 67.3 Å². The molecule has 0 amide bonds. The largest absolute Gasteiger partial charge is 0.506 e. The van der Waals surface area contributed by atoms with Crippen LogP contribution in [0.1, 0.15) is 38.7 Å². The van der Waals surface area contributed by atoms with Crippen molar-refractivity contribution in [2.24, 2.45) is 0 Å². The molecule has 0 saturated heterocycles. The zero-order valence-electron chi connectivity index (χ0n) is 12.2. The van der Waals surface area contributed by atoms with Crippen molar-refractivity contribution in [3.63, 3.8) is 0 Å². The van der Waals surface area contributed by atoms with E-state index in [1.165, 1.54) is 0 Å². The van der Waals surface area contributed by atoms with Crippen molar-refractivity contribution in [3.05, 3.63) is 71.4 Å². The molecule has 3 aromatic rings. The van der Waals surface area contributed by atoms with E-state index in [2.05, 4.69) is 4.98 Å². The first-order chi connectivity index (χ1) is 11.1. The van der Waals surface area contributed by atoms with Crippen molar-refractivity contribution in [1.29, 1.82) is 0 Å². The number of pyridine rings is 1. The van der Waals surface area contributed by atoms with E-state index < -0.39 is 5.92 Å². The van der Waals surface area contributed by atoms with Crippen LogP contribution in [0, 0.1) is 0 Å². The van der Waals surface area contributed by atoms with Gasteiger partial charge in [0.25, 0.3) is 0 Å². The zero-order valence-corrected chi connectivity index (χ0v) is 12.2. The average Bonchev–Trinajstić information content (AvgIpc) is 2.58. The van der Waals surface area contributed by atoms with Crippen LogP contribution in [0.25, 0.3) is 10.9 Å². The fourth-order valence-electron chi connectivity index (χ4n) is 3.11. The van der Waals surface area contributed by atoms with E-state index in [0.29, 0.717) is 16.6 Å². The fraction of sp³-hybridized carbons (Fsp3) is 0.105. The SMILES string of the molecule is O=C1CC(c2nc3ccccc3cc2O)C(=O)c2ccccc21. The van der Waals surface area contributed by atoms with Gasteiger partial charge in [0.1, 0.15) is 5.75 Å². The maximum absolute atomic E-state index is 12.7. The molecule has 0 spiro atoms. The van der Waals surface area contributed by atoms with Crippen LogP contribution in [-0.4, -0.2) is 21.7 Å². The first-order valence-corrected chi connectivity index (χ1v) is 7.40. The number of hydrogen-bond donors (Lipinski definition) is 1. The number of hydrogen-bond acceptors (Lipinski definition) is 4. The molecule has 0 aliphatic heterocycles. The van der Waals surface area contributed by atoms with E-state index in [4.69, 9.17) is 0 Å². The molecule has 1 unspecified atom stereocenters. The number of aromatic hydroxyl groups is 1. The molecule has 1 aromatic heterocycles. The third-order valence-corrected chi connectivity index (χ3v) is 4.26. The second-order valence-electron chi connectivity index (χ2n) is 5.68. The van der Waals surface area contributed by atoms with E-state index in [1.807, 2.05) is 24.3 Å². The summed E-state index contributed by atoms with van der Waals surface area (Å²) < 4.78 is 0. The molecule has 1 aliphatic carbocycles. The van der Waals surface area contributed by atoms with Crippen LogP contribution in [0.2, 0.25) is 0 Å². The predicted octanol–water partition coefficient (Wildman–Crippen LogP) is 3.49. The quantitative estimate of drug-likeness (QED) is 0.747. The van der Waals surface area contributed by atoms with Crippen LogP contribution in [-0.2, 0) is 0 Å². The Hall–Kier alpha value is -3.01. The summed E-state index contributed by atoms with van der Waals surface area (Å²) in [5.74, 6) is -1.05. The lowest BCUT2D eigenvalue weighted by molar-refractivity contribution is 0.0862. The molecule has 0 saturated carbocycles. The standard InChI is InChI=1S/C19H13NO3/c21-16-10-14(19(23)13-7-3-2-6-12(13)16)18-17(22)9-11-5-1-4-8-15(11)20-18/h1-9,14,22H,10H2. The fourth-order valence-corrected chi connectivity index (χ4v) is 3.11. The Kier molecular flexibility index (Phi) is 2.98. The van der Waals surface area contributed by atoms with Crippen molar-refractivity contribution >= 4 is 22.5 Å². The molecule has 0 fully saturated rings. The summed E-state index contributed by atoms with van der Waals surface area (Å²) in [4.78, 5) is 29.5. The van der Waals surface area contributed by atoms with E-state index in [1.54, 1.807) is 30.3 Å². The number of aromatic nitrogens is 1. The highest BCUT2D eigenvalue weighted by Crippen LogP contribution is 2.36. The van der Waals surface area contributed by atoms with Crippen LogP contribution in [0.4, 0.5) is 0 Å². The molecule has 4 heteroatoms. The lowest BCUT2D eigenvalue weighted by atomic mass is 9.80. The summed E-state index contributed by atoms with van der Waals surface area (Å²) in [5.41, 5.74) is 1.83. The number of nitrogens with zero attached hydrogens (tertiary/aromatic N) is 1. The molecule has 23 heavy (non-hydrogen) atoms. The van der Waals surface area contributed by atoms with E-state index in [0.717, 1.165) is 5.39 Å². The van der Waals surface area contributed by atoms with Gasteiger partial charge < -0.3 is 5.11 Å². The highest BCUT2D eigenvalue weighted by atomic mass is 16.3. The van der Waals surface area contributed by atoms with Crippen molar-refractivity contribution in [2.75, 3.05) is 0 Å². The minimum atomic E-state index is -0.734. The van der Waals surface area contributed by atoms with Gasteiger partial charge in [0.15, 0.2) is 11.6 Å². The Morgan fingerprint density at radius 2 is 1.65 bits per heavy atom. The van der Waals surface area contributed by atoms with Crippen LogP contribution in [0.15, 0.2) is 54.6 Å². The Morgan fingerprint density at radius 3 is 2.48 bits per heavy atom. The van der Waals surface area contributed by atoms with Gasteiger partial charge in [-0.05, 0) is 12.1 Å². The average molecular weight is 303 g/mol. The number of para-hydroxylation sites is 1. The summed E-state index contributed by atoms with van der Waals surface area (Å²) in [6.07, 6.45) is 0.0365. The molecule has 4 nitrogen and oxygen atoms in total. The van der Waals surface area contributed by atoms with E-state index >= 15 is 0 Å². The number of rotatable bonds is 1. The molecule has 2 aromatic carbocycles. The van der Waals surface area contributed by atoms with E-state index in [-0.39, 0.29) is 29.4 Å². The van der Waals surface area contributed by atoms with Crippen LogP contribution < -0.4 is 0 Å². The Bertz CT molecular complexity index is 962. The minimum absolute atomic E-state index is 0.0365. The van der Waals surface area contributed by atoms with Crippen molar-refractivity contribution < 1.29 is 14.7 Å². The van der Waals surface area contributed by atoms with Crippen molar-refractivity contribution in [3.8, 4) is 5.75 Å². The van der Waals surface area contributed by atoms with Gasteiger partial charge in [-0.25, -0.2) is 4.98 Å². The van der Waals surface area contributed by atoms with Crippen LogP contribution in [0.3, 0.4) is 0 Å². The third kappa shape index (κ3) is 2.11. The number of benzene rings is 2. The first kappa shape index (κ1) is 13.6. The molecule has 1 N–H and O–H groups in total. The number of ketones is 2. The van der Waals surface area contributed by atoms with Gasteiger partial charge in [-0.2, -0.15) is 0 Å². The summed E-state index contributed by atoms with van der Waals surface area (Å²) in [6.45, 7) is 0. The molecule has 1 atom stereocenters. The van der Waals surface area contributed by atoms with Crippen LogP contribution >= 0.6 is 0 Å². The van der Waals surface area contributed by atoms with Gasteiger partial charge in [-0.15, -0.1) is 0 Å². The summed E-state index contributed by atoms with van der Waals surface area (Å²) in [6, 6.07) is 15.8. The van der Waals surface area contributed by atoms with Gasteiger partial charge in [-0.1, -0.05) is 42.5 Å². The number of carbonyl (C=O) groups is 2. The molecule has 112 valence electrons. The smallest absolute Gasteiger partial charge is 0.173 e. The van der Waals surface area contributed by atoms with Crippen LogP contribution in [0.5, 0.6) is 5.75 Å². The third-order valence-electron chi connectivity index (χ3n) is 4.26. The summed E-state index contributed by atoms with van der Waals surface area (Å²) >= 11 is 0. The molecule has 0 bridgehead atoms. The molecule has 1 heterocycles. The lowest BCUT2D eigenvalue weighted by Gasteiger charge is -2.22. The Labute approximate surface area is 132 Å². The second-order valence-corrected chi connectivity index (χ2v) is 5.68. The number of Topliss-reactive ketones (excluding diaryl/α,β-unsaturated/α-hetero) is 2. The van der Waals surface area contributed by atoms with Gasteiger partial charge in [0.2, 0.25) is 0 Å². The zero-order chi connectivity index (χ0) is 16.0. The maximum atomic E-state index is 12.7. The predicted molar refractivity (Wildman–Crippen MR) is 85.9 cm³/mol. The molecule has 0 radical (unpaired) electrons. The van der Waals surface area contributed by atoms with Gasteiger partial charge in [0, 0.05) is 22.9 Å². The second kappa shape index (κ2) is 5.02. The van der Waals surface area contributed by atoms with Crippen molar-refractivity contribution in [2.45, 2.75) is 12.3 Å². The molecule has 4 rings (SSSR count). The van der Waals surface area contributed by atoms with Gasteiger partial charge >= 0.3 is 0 Å². The highest BCUT2D eigenvalue weighted by molar-refractivity contribution is 6.16. The highest BCUT2D eigenvalue weighted by Gasteiger charge is 2.35. The van der Waals surface area contributed by atoms with Crippen molar-refractivity contribution in [1.82, 2.24) is 4.98 Å². The number of carbonyl (C=O) groups excluding carboxylic acids is 2.